The lowest BCUT2D eigenvalue weighted by molar-refractivity contribution is 0.613. The second kappa shape index (κ2) is 4.22. The molecule has 0 aliphatic rings. The van der Waals surface area contributed by atoms with Crippen LogP contribution in [0.25, 0.3) is 0 Å². The first-order valence-corrected chi connectivity index (χ1v) is 5.13. The van der Waals surface area contributed by atoms with E-state index in [2.05, 4.69) is 15.5 Å². The number of nitrogens with two attached hydrogens (primary N) is 1. The first-order chi connectivity index (χ1) is 7.25. The SMILES string of the molecule is Nc1nnc(NCc2ccccc2F)s1. The Morgan fingerprint density at radius 1 is 1.33 bits per heavy atom. The third-order valence-corrected chi connectivity index (χ3v) is 2.54. The number of rotatable bonds is 3. The van der Waals surface area contributed by atoms with Gasteiger partial charge in [-0.1, -0.05) is 29.5 Å². The first kappa shape index (κ1) is 9.85. The molecule has 6 heteroatoms. The monoisotopic (exact) mass is 224 g/mol. The molecular formula is C9H9FN4S. The maximum absolute atomic E-state index is 13.2. The van der Waals surface area contributed by atoms with Crippen LogP contribution in [-0.2, 0) is 6.54 Å². The van der Waals surface area contributed by atoms with Gasteiger partial charge in [-0.25, -0.2) is 4.39 Å². The largest absolute Gasteiger partial charge is 0.374 e. The van der Waals surface area contributed by atoms with Crippen molar-refractivity contribution < 1.29 is 4.39 Å². The van der Waals surface area contributed by atoms with Gasteiger partial charge in [-0.2, -0.15) is 0 Å². The first-order valence-electron chi connectivity index (χ1n) is 4.32. The highest BCUT2D eigenvalue weighted by molar-refractivity contribution is 7.18. The molecule has 0 amide bonds. The zero-order valence-corrected chi connectivity index (χ0v) is 8.59. The predicted molar refractivity (Wildman–Crippen MR) is 58.0 cm³/mol. The molecule has 0 radical (unpaired) electrons. The third-order valence-electron chi connectivity index (χ3n) is 1.83. The molecule has 0 atom stereocenters. The summed E-state index contributed by atoms with van der Waals surface area (Å²) >= 11 is 1.23. The topological polar surface area (TPSA) is 63.8 Å². The van der Waals surface area contributed by atoms with Gasteiger partial charge in [-0.3, -0.25) is 0 Å². The van der Waals surface area contributed by atoms with E-state index in [1.54, 1.807) is 18.2 Å². The molecule has 0 saturated carbocycles. The van der Waals surface area contributed by atoms with Crippen molar-refractivity contribution in [3.63, 3.8) is 0 Å². The van der Waals surface area contributed by atoms with Gasteiger partial charge in [0.15, 0.2) is 0 Å². The predicted octanol–water partition coefficient (Wildman–Crippen LogP) is 1.87. The lowest BCUT2D eigenvalue weighted by Crippen LogP contribution is -2.01. The summed E-state index contributed by atoms with van der Waals surface area (Å²) in [5, 5.41) is 11.3. The van der Waals surface area contributed by atoms with E-state index >= 15 is 0 Å². The highest BCUT2D eigenvalue weighted by atomic mass is 32.1. The van der Waals surface area contributed by atoms with Crippen molar-refractivity contribution in [2.24, 2.45) is 0 Å². The Balaban J connectivity index is 2.02. The molecule has 2 rings (SSSR count). The minimum absolute atomic E-state index is 0.234. The summed E-state index contributed by atoms with van der Waals surface area (Å²) in [6.07, 6.45) is 0. The fraction of sp³-hybridized carbons (Fsp3) is 0.111. The van der Waals surface area contributed by atoms with Crippen LogP contribution < -0.4 is 11.1 Å². The number of halogens is 1. The van der Waals surface area contributed by atoms with E-state index in [0.717, 1.165) is 0 Å². The Labute approximate surface area is 90.0 Å². The lowest BCUT2D eigenvalue weighted by Gasteiger charge is -2.02. The molecule has 0 saturated heterocycles. The molecule has 0 spiro atoms. The van der Waals surface area contributed by atoms with E-state index in [0.29, 0.717) is 22.4 Å². The number of benzene rings is 1. The van der Waals surface area contributed by atoms with Crippen molar-refractivity contribution in [3.8, 4) is 0 Å². The van der Waals surface area contributed by atoms with Gasteiger partial charge < -0.3 is 11.1 Å². The van der Waals surface area contributed by atoms with Gasteiger partial charge in [0.2, 0.25) is 10.3 Å². The van der Waals surface area contributed by atoms with Gasteiger partial charge in [0.1, 0.15) is 5.82 Å². The Morgan fingerprint density at radius 2 is 2.13 bits per heavy atom. The van der Waals surface area contributed by atoms with Crippen LogP contribution in [0.3, 0.4) is 0 Å². The molecule has 0 fully saturated rings. The maximum atomic E-state index is 13.2. The summed E-state index contributed by atoms with van der Waals surface area (Å²) in [7, 11) is 0. The van der Waals surface area contributed by atoms with Crippen LogP contribution in [0.15, 0.2) is 24.3 Å². The zero-order chi connectivity index (χ0) is 10.7. The van der Waals surface area contributed by atoms with Crippen LogP contribution in [0.1, 0.15) is 5.56 Å². The molecule has 0 unspecified atom stereocenters. The van der Waals surface area contributed by atoms with Gasteiger partial charge in [0.25, 0.3) is 0 Å². The highest BCUT2D eigenvalue weighted by Gasteiger charge is 2.03. The summed E-state index contributed by atoms with van der Waals surface area (Å²) in [5.74, 6) is -0.234. The molecular weight excluding hydrogens is 215 g/mol. The van der Waals surface area contributed by atoms with Crippen molar-refractivity contribution in [2.45, 2.75) is 6.54 Å². The summed E-state index contributed by atoms with van der Waals surface area (Å²) < 4.78 is 13.2. The highest BCUT2D eigenvalue weighted by Crippen LogP contribution is 2.17. The van der Waals surface area contributed by atoms with Crippen molar-refractivity contribution in [1.29, 1.82) is 0 Å². The summed E-state index contributed by atoms with van der Waals surface area (Å²) in [6.45, 7) is 0.376. The second-order valence-corrected chi connectivity index (χ2v) is 3.90. The van der Waals surface area contributed by atoms with Gasteiger partial charge in [0, 0.05) is 12.1 Å². The zero-order valence-electron chi connectivity index (χ0n) is 7.77. The lowest BCUT2D eigenvalue weighted by atomic mass is 10.2. The van der Waals surface area contributed by atoms with Gasteiger partial charge in [-0.15, -0.1) is 10.2 Å². The van der Waals surface area contributed by atoms with Crippen LogP contribution in [-0.4, -0.2) is 10.2 Å². The van der Waals surface area contributed by atoms with E-state index < -0.39 is 0 Å². The minimum Gasteiger partial charge on any atom is -0.374 e. The third kappa shape index (κ3) is 2.41. The number of hydrogen-bond donors (Lipinski definition) is 2. The van der Waals surface area contributed by atoms with Crippen molar-refractivity contribution in [3.05, 3.63) is 35.6 Å². The average molecular weight is 224 g/mol. The van der Waals surface area contributed by atoms with Crippen LogP contribution in [0.4, 0.5) is 14.7 Å². The molecule has 1 heterocycles. The fourth-order valence-electron chi connectivity index (χ4n) is 1.12. The minimum atomic E-state index is -0.234. The van der Waals surface area contributed by atoms with Crippen molar-refractivity contribution >= 4 is 21.6 Å². The van der Waals surface area contributed by atoms with Gasteiger partial charge in [-0.05, 0) is 6.07 Å². The number of aromatic nitrogens is 2. The molecule has 78 valence electrons. The standard InChI is InChI=1S/C9H9FN4S/c10-7-4-2-1-3-6(7)5-12-9-14-13-8(11)15-9/h1-4H,5H2,(H2,11,13)(H,12,14). The van der Waals surface area contributed by atoms with Gasteiger partial charge in [0.05, 0.1) is 0 Å². The van der Waals surface area contributed by atoms with Gasteiger partial charge >= 0.3 is 0 Å². The normalized spacial score (nSPS) is 10.2. The molecule has 1 aromatic carbocycles. The number of nitrogens with one attached hydrogen (secondary N) is 1. The van der Waals surface area contributed by atoms with E-state index in [4.69, 9.17) is 5.73 Å². The Hall–Kier alpha value is -1.69. The molecule has 0 bridgehead atoms. The van der Waals surface area contributed by atoms with Crippen molar-refractivity contribution in [2.75, 3.05) is 11.1 Å². The average Bonchev–Trinajstić information content (AvgIpc) is 2.63. The molecule has 0 aliphatic carbocycles. The fourth-order valence-corrected chi connectivity index (χ4v) is 1.62. The number of nitrogens with zero attached hydrogens (tertiary/aromatic N) is 2. The molecule has 2 aromatic rings. The van der Waals surface area contributed by atoms with E-state index in [1.807, 2.05) is 0 Å². The molecule has 4 nitrogen and oxygen atoms in total. The van der Waals surface area contributed by atoms with Crippen LogP contribution in [0.5, 0.6) is 0 Å². The Morgan fingerprint density at radius 3 is 2.80 bits per heavy atom. The van der Waals surface area contributed by atoms with Crippen LogP contribution >= 0.6 is 11.3 Å². The second-order valence-electron chi connectivity index (χ2n) is 2.89. The van der Waals surface area contributed by atoms with E-state index in [1.165, 1.54) is 17.4 Å². The molecule has 3 N–H and O–H groups in total. The Kier molecular flexibility index (Phi) is 2.77. The quantitative estimate of drug-likeness (QED) is 0.835. The molecule has 1 aromatic heterocycles. The summed E-state index contributed by atoms with van der Waals surface area (Å²) in [5.41, 5.74) is 6.00. The van der Waals surface area contributed by atoms with E-state index in [-0.39, 0.29) is 5.82 Å². The van der Waals surface area contributed by atoms with Crippen LogP contribution in [0, 0.1) is 5.82 Å². The molecule has 0 aliphatic heterocycles. The summed E-state index contributed by atoms with van der Waals surface area (Å²) in [4.78, 5) is 0. The van der Waals surface area contributed by atoms with E-state index in [9.17, 15) is 4.39 Å². The van der Waals surface area contributed by atoms with Crippen LogP contribution in [0.2, 0.25) is 0 Å². The van der Waals surface area contributed by atoms with Crippen molar-refractivity contribution in [1.82, 2.24) is 10.2 Å². The maximum Gasteiger partial charge on any atom is 0.207 e. The number of nitrogen functional groups attached to an aromatic ring is 1. The molecule has 15 heavy (non-hydrogen) atoms. The summed E-state index contributed by atoms with van der Waals surface area (Å²) in [6, 6.07) is 6.58. The Bertz CT molecular complexity index is 457. The number of anilines is 2. The smallest absolute Gasteiger partial charge is 0.207 e. The number of hydrogen-bond acceptors (Lipinski definition) is 5.